The minimum Gasteiger partial charge on any atom is -0.395 e. The van der Waals surface area contributed by atoms with Crippen molar-refractivity contribution >= 4 is 0 Å². The molecule has 0 aliphatic rings. The van der Waals surface area contributed by atoms with Crippen molar-refractivity contribution in [3.63, 3.8) is 0 Å². The smallest absolute Gasteiger partial charge is 0.0540 e. The lowest BCUT2D eigenvalue weighted by molar-refractivity contribution is 0.305. The monoisotopic (exact) mass is 178 g/mol. The molecule has 72 valence electrons. The standard InChI is InChI=1S/C12H18O/c1-2-3-4-5-6-7-8-9-10-11-12-13/h3-6,13H,2,7-8,11-12H2,1H3/b4-3+,6-5-. The van der Waals surface area contributed by atoms with Crippen LogP contribution in [0.5, 0.6) is 0 Å². The average molecular weight is 178 g/mol. The molecule has 13 heavy (non-hydrogen) atoms. The van der Waals surface area contributed by atoms with E-state index in [1.165, 1.54) is 0 Å². The zero-order chi connectivity index (χ0) is 9.78. The molecule has 0 saturated heterocycles. The average Bonchev–Trinajstić information content (AvgIpc) is 2.16. The molecule has 1 nitrogen and oxygen atoms in total. The normalized spacial score (nSPS) is 10.6. The first-order valence-corrected chi connectivity index (χ1v) is 4.80. The fraction of sp³-hybridized carbons (Fsp3) is 0.500. The van der Waals surface area contributed by atoms with Gasteiger partial charge in [0.15, 0.2) is 0 Å². The van der Waals surface area contributed by atoms with E-state index in [1.807, 2.05) is 0 Å². The number of unbranched alkanes of at least 4 members (excludes halogenated alkanes) is 1. The zero-order valence-corrected chi connectivity index (χ0v) is 8.29. The van der Waals surface area contributed by atoms with E-state index in [0.717, 1.165) is 19.3 Å². The van der Waals surface area contributed by atoms with E-state index in [2.05, 4.69) is 43.1 Å². The first kappa shape index (κ1) is 12.0. The summed E-state index contributed by atoms with van der Waals surface area (Å²) < 4.78 is 0. The third kappa shape index (κ3) is 11.0. The summed E-state index contributed by atoms with van der Waals surface area (Å²) >= 11 is 0. The van der Waals surface area contributed by atoms with Crippen molar-refractivity contribution in [2.24, 2.45) is 0 Å². The van der Waals surface area contributed by atoms with E-state index in [-0.39, 0.29) is 6.61 Å². The van der Waals surface area contributed by atoms with Gasteiger partial charge in [-0.1, -0.05) is 31.2 Å². The largest absolute Gasteiger partial charge is 0.395 e. The van der Waals surface area contributed by atoms with Gasteiger partial charge in [-0.15, -0.1) is 11.8 Å². The third-order valence-corrected chi connectivity index (χ3v) is 1.42. The van der Waals surface area contributed by atoms with Crippen LogP contribution < -0.4 is 0 Å². The maximum atomic E-state index is 8.44. The Morgan fingerprint density at radius 2 is 1.77 bits per heavy atom. The van der Waals surface area contributed by atoms with Crippen LogP contribution in [0, 0.1) is 11.8 Å². The van der Waals surface area contributed by atoms with E-state index in [0.29, 0.717) is 6.42 Å². The molecule has 1 heteroatoms. The number of allylic oxidation sites excluding steroid dienone is 4. The molecule has 0 aliphatic heterocycles. The van der Waals surface area contributed by atoms with Crippen molar-refractivity contribution in [1.29, 1.82) is 0 Å². The maximum absolute atomic E-state index is 8.44. The summed E-state index contributed by atoms with van der Waals surface area (Å²) in [6.45, 7) is 2.28. The molecule has 0 amide bonds. The van der Waals surface area contributed by atoms with Crippen molar-refractivity contribution in [2.75, 3.05) is 6.61 Å². The summed E-state index contributed by atoms with van der Waals surface area (Å²) in [7, 11) is 0. The SMILES string of the molecule is CC/C=C/C=C\CCC#CCCO. The Balaban J connectivity index is 3.30. The van der Waals surface area contributed by atoms with Crippen molar-refractivity contribution in [3.8, 4) is 11.8 Å². The highest BCUT2D eigenvalue weighted by atomic mass is 16.2. The van der Waals surface area contributed by atoms with E-state index in [4.69, 9.17) is 5.11 Å². The molecular weight excluding hydrogens is 160 g/mol. The van der Waals surface area contributed by atoms with Crippen molar-refractivity contribution < 1.29 is 5.11 Å². The predicted octanol–water partition coefficient (Wildman–Crippen LogP) is 2.67. The number of aliphatic hydroxyl groups excluding tert-OH is 1. The highest BCUT2D eigenvalue weighted by molar-refractivity contribution is 5.05. The predicted molar refractivity (Wildman–Crippen MR) is 57.3 cm³/mol. The summed E-state index contributed by atoms with van der Waals surface area (Å²) in [4.78, 5) is 0. The van der Waals surface area contributed by atoms with Crippen molar-refractivity contribution in [2.45, 2.75) is 32.6 Å². The highest BCUT2D eigenvalue weighted by Gasteiger charge is 1.74. The number of hydrogen-bond donors (Lipinski definition) is 1. The molecule has 0 radical (unpaired) electrons. The van der Waals surface area contributed by atoms with Gasteiger partial charge in [0.25, 0.3) is 0 Å². The molecule has 0 fully saturated rings. The lowest BCUT2D eigenvalue weighted by Crippen LogP contribution is -1.75. The second-order valence-electron chi connectivity index (χ2n) is 2.63. The maximum Gasteiger partial charge on any atom is 0.0540 e. The Bertz CT molecular complexity index is 203. The molecule has 0 aromatic heterocycles. The Morgan fingerprint density at radius 3 is 2.46 bits per heavy atom. The number of aliphatic hydroxyl groups is 1. The van der Waals surface area contributed by atoms with E-state index in [1.54, 1.807) is 0 Å². The van der Waals surface area contributed by atoms with E-state index >= 15 is 0 Å². The molecule has 0 aromatic carbocycles. The second-order valence-corrected chi connectivity index (χ2v) is 2.63. The molecule has 0 saturated carbocycles. The Morgan fingerprint density at radius 1 is 1.08 bits per heavy atom. The van der Waals surface area contributed by atoms with Gasteiger partial charge in [-0.2, -0.15) is 0 Å². The fourth-order valence-electron chi connectivity index (χ4n) is 0.778. The second kappa shape index (κ2) is 11.0. The van der Waals surface area contributed by atoms with Crippen LogP contribution in [-0.2, 0) is 0 Å². The lowest BCUT2D eigenvalue weighted by atomic mass is 10.2. The minimum absolute atomic E-state index is 0.169. The van der Waals surface area contributed by atoms with Gasteiger partial charge in [-0.25, -0.2) is 0 Å². The third-order valence-electron chi connectivity index (χ3n) is 1.42. The minimum atomic E-state index is 0.169. The van der Waals surface area contributed by atoms with Crippen LogP contribution in [0.3, 0.4) is 0 Å². The molecule has 0 spiro atoms. The van der Waals surface area contributed by atoms with Crippen LogP contribution in [0.15, 0.2) is 24.3 Å². The van der Waals surface area contributed by atoms with E-state index < -0.39 is 0 Å². The van der Waals surface area contributed by atoms with Gasteiger partial charge in [0.2, 0.25) is 0 Å². The molecule has 0 atom stereocenters. The summed E-state index contributed by atoms with van der Waals surface area (Å²) in [5.74, 6) is 5.88. The van der Waals surface area contributed by atoms with Gasteiger partial charge in [-0.05, 0) is 12.8 Å². The summed E-state index contributed by atoms with van der Waals surface area (Å²) in [5, 5.41) is 8.44. The molecule has 0 bridgehead atoms. The van der Waals surface area contributed by atoms with Gasteiger partial charge in [0.05, 0.1) is 6.61 Å². The van der Waals surface area contributed by atoms with Gasteiger partial charge in [0.1, 0.15) is 0 Å². The van der Waals surface area contributed by atoms with Crippen molar-refractivity contribution in [1.82, 2.24) is 0 Å². The van der Waals surface area contributed by atoms with Gasteiger partial charge >= 0.3 is 0 Å². The van der Waals surface area contributed by atoms with E-state index in [9.17, 15) is 0 Å². The Labute approximate surface area is 81.2 Å². The molecular formula is C12H18O. The first-order chi connectivity index (χ1) is 6.41. The zero-order valence-electron chi connectivity index (χ0n) is 8.29. The van der Waals surface area contributed by atoms with Crippen LogP contribution in [0.2, 0.25) is 0 Å². The van der Waals surface area contributed by atoms with Crippen molar-refractivity contribution in [3.05, 3.63) is 24.3 Å². The lowest BCUT2D eigenvalue weighted by Gasteiger charge is -1.82. The van der Waals surface area contributed by atoms with Crippen LogP contribution in [0.25, 0.3) is 0 Å². The molecule has 0 heterocycles. The van der Waals surface area contributed by atoms with Crippen LogP contribution in [-0.4, -0.2) is 11.7 Å². The Hall–Kier alpha value is -1.00. The number of rotatable bonds is 5. The van der Waals surface area contributed by atoms with Gasteiger partial charge in [-0.3, -0.25) is 0 Å². The highest BCUT2D eigenvalue weighted by Crippen LogP contribution is 1.90. The van der Waals surface area contributed by atoms with Crippen LogP contribution in [0.1, 0.15) is 32.6 Å². The first-order valence-electron chi connectivity index (χ1n) is 4.80. The molecule has 0 aliphatic carbocycles. The molecule has 1 N–H and O–H groups in total. The molecule has 0 rings (SSSR count). The van der Waals surface area contributed by atoms with Gasteiger partial charge < -0.3 is 5.11 Å². The van der Waals surface area contributed by atoms with Gasteiger partial charge in [0, 0.05) is 12.8 Å². The Kier molecular flexibility index (Phi) is 10.2. The molecule has 0 aromatic rings. The van der Waals surface area contributed by atoms with Crippen LogP contribution >= 0.6 is 0 Å². The number of hydrogen-bond acceptors (Lipinski definition) is 1. The fourth-order valence-corrected chi connectivity index (χ4v) is 0.778. The topological polar surface area (TPSA) is 20.2 Å². The molecule has 0 unspecified atom stereocenters. The van der Waals surface area contributed by atoms with Crippen LogP contribution in [0.4, 0.5) is 0 Å². The summed E-state index contributed by atoms with van der Waals surface area (Å²) in [6, 6.07) is 0. The summed E-state index contributed by atoms with van der Waals surface area (Å²) in [5.41, 5.74) is 0. The summed E-state index contributed by atoms with van der Waals surface area (Å²) in [6.07, 6.45) is 11.9. The quantitative estimate of drug-likeness (QED) is 0.390.